The van der Waals surface area contributed by atoms with Crippen molar-refractivity contribution in [3.63, 3.8) is 0 Å². The zero-order valence-corrected chi connectivity index (χ0v) is 12.1. The lowest BCUT2D eigenvalue weighted by Gasteiger charge is -2.16. The van der Waals surface area contributed by atoms with Gasteiger partial charge in [0.2, 0.25) is 0 Å². The Morgan fingerprint density at radius 3 is 2.25 bits per heavy atom. The van der Waals surface area contributed by atoms with Gasteiger partial charge < -0.3 is 15.5 Å². The molecule has 1 aromatic rings. The summed E-state index contributed by atoms with van der Waals surface area (Å²) in [5, 5.41) is 20.8. The lowest BCUT2D eigenvalue weighted by Crippen LogP contribution is -2.34. The average molecular weight is 279 g/mol. The Bertz CT molecular complexity index is 511. The van der Waals surface area contributed by atoms with Gasteiger partial charge >= 0.3 is 5.97 Å². The third kappa shape index (κ3) is 3.81. The van der Waals surface area contributed by atoms with Crippen LogP contribution in [0, 0.1) is 13.8 Å². The monoisotopic (exact) mass is 279 g/mol. The van der Waals surface area contributed by atoms with Crippen LogP contribution in [0.2, 0.25) is 0 Å². The van der Waals surface area contributed by atoms with Crippen LogP contribution in [0.1, 0.15) is 51.6 Å². The fourth-order valence-corrected chi connectivity index (χ4v) is 2.14. The molecular formula is C15H21NO4. The van der Waals surface area contributed by atoms with Gasteiger partial charge in [-0.25, -0.2) is 4.79 Å². The molecule has 0 aliphatic heterocycles. The van der Waals surface area contributed by atoms with Crippen molar-refractivity contribution >= 4 is 11.9 Å². The fraction of sp³-hybridized carbons (Fsp3) is 0.467. The molecule has 0 aromatic heterocycles. The van der Waals surface area contributed by atoms with E-state index in [0.717, 1.165) is 0 Å². The average Bonchev–Trinajstić information content (AvgIpc) is 2.38. The van der Waals surface area contributed by atoms with Crippen molar-refractivity contribution < 1.29 is 19.8 Å². The van der Waals surface area contributed by atoms with E-state index in [0.29, 0.717) is 24.0 Å². The van der Waals surface area contributed by atoms with E-state index in [-0.39, 0.29) is 29.7 Å². The predicted octanol–water partition coefficient (Wildman–Crippen LogP) is 1.89. The van der Waals surface area contributed by atoms with E-state index < -0.39 is 5.97 Å². The van der Waals surface area contributed by atoms with Gasteiger partial charge in [0.25, 0.3) is 5.91 Å². The molecule has 0 fully saturated rings. The molecule has 0 radical (unpaired) electrons. The van der Waals surface area contributed by atoms with Crippen LogP contribution in [-0.2, 0) is 0 Å². The highest BCUT2D eigenvalue weighted by atomic mass is 16.4. The number of carbonyl (C=O) groups is 2. The highest BCUT2D eigenvalue weighted by Gasteiger charge is 2.22. The molecule has 0 bridgehead atoms. The number of carboxylic acid groups (broad SMARTS) is 1. The zero-order valence-electron chi connectivity index (χ0n) is 12.1. The lowest BCUT2D eigenvalue weighted by atomic mass is 9.96. The van der Waals surface area contributed by atoms with Crippen LogP contribution >= 0.6 is 0 Å². The Morgan fingerprint density at radius 2 is 1.75 bits per heavy atom. The topological polar surface area (TPSA) is 86.6 Å². The minimum atomic E-state index is -1.10. The minimum Gasteiger partial charge on any atom is -0.478 e. The maximum absolute atomic E-state index is 12.3. The number of rotatable bonds is 6. The van der Waals surface area contributed by atoms with E-state index in [2.05, 4.69) is 5.32 Å². The fourth-order valence-electron chi connectivity index (χ4n) is 2.14. The van der Waals surface area contributed by atoms with Gasteiger partial charge in [-0.3, -0.25) is 4.79 Å². The number of aromatic carboxylic acids is 1. The minimum absolute atomic E-state index is 0.0526. The van der Waals surface area contributed by atoms with Crippen molar-refractivity contribution in [2.45, 2.75) is 39.7 Å². The van der Waals surface area contributed by atoms with Crippen molar-refractivity contribution in [1.82, 2.24) is 5.32 Å². The highest BCUT2D eigenvalue weighted by molar-refractivity contribution is 6.06. The van der Waals surface area contributed by atoms with Gasteiger partial charge in [-0.05, 0) is 44.7 Å². The number of aryl methyl sites for hydroxylation is 2. The van der Waals surface area contributed by atoms with Crippen LogP contribution in [0.15, 0.2) is 12.1 Å². The van der Waals surface area contributed by atoms with Crippen LogP contribution in [-0.4, -0.2) is 34.7 Å². The maximum Gasteiger partial charge on any atom is 0.336 e. The van der Waals surface area contributed by atoms with Gasteiger partial charge in [0.1, 0.15) is 0 Å². The standard InChI is InChI=1S/C15H21NO4/c1-9-6-7-10(2)13(15(19)20)12(9)14(18)16-11(3)5-4-8-17/h6-7,11,17H,4-5,8H2,1-3H3,(H,16,18)(H,19,20). The third-order valence-electron chi connectivity index (χ3n) is 3.24. The second-order valence-corrected chi connectivity index (χ2v) is 4.99. The molecular weight excluding hydrogens is 258 g/mol. The quantitative estimate of drug-likeness (QED) is 0.742. The van der Waals surface area contributed by atoms with E-state index in [1.807, 2.05) is 6.92 Å². The van der Waals surface area contributed by atoms with Gasteiger partial charge in [-0.2, -0.15) is 0 Å². The summed E-state index contributed by atoms with van der Waals surface area (Å²) < 4.78 is 0. The van der Waals surface area contributed by atoms with Gasteiger partial charge in [0.05, 0.1) is 11.1 Å². The van der Waals surface area contributed by atoms with Crippen molar-refractivity contribution in [1.29, 1.82) is 0 Å². The molecule has 1 atom stereocenters. The molecule has 1 unspecified atom stereocenters. The van der Waals surface area contributed by atoms with Gasteiger partial charge in [0, 0.05) is 12.6 Å². The molecule has 110 valence electrons. The van der Waals surface area contributed by atoms with Crippen LogP contribution in [0.4, 0.5) is 0 Å². The number of aliphatic hydroxyl groups excluding tert-OH is 1. The molecule has 0 aliphatic rings. The summed E-state index contributed by atoms with van der Waals surface area (Å²) in [6.07, 6.45) is 1.25. The first-order chi connectivity index (χ1) is 9.38. The van der Waals surface area contributed by atoms with E-state index in [1.54, 1.807) is 26.0 Å². The van der Waals surface area contributed by atoms with Crippen LogP contribution in [0.3, 0.4) is 0 Å². The van der Waals surface area contributed by atoms with Crippen molar-refractivity contribution in [2.75, 3.05) is 6.61 Å². The van der Waals surface area contributed by atoms with Gasteiger partial charge in [-0.15, -0.1) is 0 Å². The normalized spacial score (nSPS) is 12.0. The summed E-state index contributed by atoms with van der Waals surface area (Å²) >= 11 is 0. The summed E-state index contributed by atoms with van der Waals surface area (Å²) in [5.74, 6) is -1.48. The lowest BCUT2D eigenvalue weighted by molar-refractivity contribution is 0.0689. The molecule has 0 saturated carbocycles. The number of hydrogen-bond acceptors (Lipinski definition) is 3. The SMILES string of the molecule is Cc1ccc(C)c(C(=O)NC(C)CCCO)c1C(=O)O. The number of benzene rings is 1. The van der Waals surface area contributed by atoms with E-state index >= 15 is 0 Å². The summed E-state index contributed by atoms with van der Waals surface area (Å²) in [6.45, 7) is 5.30. The van der Waals surface area contributed by atoms with Crippen molar-refractivity contribution in [2.24, 2.45) is 0 Å². The zero-order chi connectivity index (χ0) is 15.3. The maximum atomic E-state index is 12.3. The Hall–Kier alpha value is -1.88. The molecule has 5 heteroatoms. The molecule has 3 N–H and O–H groups in total. The largest absolute Gasteiger partial charge is 0.478 e. The number of amides is 1. The highest BCUT2D eigenvalue weighted by Crippen LogP contribution is 2.19. The Labute approximate surface area is 118 Å². The second-order valence-electron chi connectivity index (χ2n) is 4.99. The third-order valence-corrected chi connectivity index (χ3v) is 3.24. The van der Waals surface area contributed by atoms with Crippen LogP contribution < -0.4 is 5.32 Å². The Morgan fingerprint density at radius 1 is 1.20 bits per heavy atom. The van der Waals surface area contributed by atoms with E-state index in [4.69, 9.17) is 5.11 Å². The van der Waals surface area contributed by atoms with Crippen molar-refractivity contribution in [3.8, 4) is 0 Å². The predicted molar refractivity (Wildman–Crippen MR) is 76.1 cm³/mol. The summed E-state index contributed by atoms with van der Waals surface area (Å²) in [5.41, 5.74) is 1.47. The second kappa shape index (κ2) is 7.05. The number of nitrogens with one attached hydrogen (secondary N) is 1. The molecule has 5 nitrogen and oxygen atoms in total. The first kappa shape index (κ1) is 16.2. The molecule has 0 saturated heterocycles. The van der Waals surface area contributed by atoms with Gasteiger partial charge in [0.15, 0.2) is 0 Å². The molecule has 1 amide bonds. The number of carbonyl (C=O) groups excluding carboxylic acids is 1. The van der Waals surface area contributed by atoms with Crippen LogP contribution in [0.25, 0.3) is 0 Å². The number of hydrogen-bond donors (Lipinski definition) is 3. The number of aliphatic hydroxyl groups is 1. The Balaban J connectivity index is 3.03. The molecule has 0 spiro atoms. The molecule has 0 heterocycles. The summed E-state index contributed by atoms with van der Waals surface area (Å²) in [7, 11) is 0. The molecule has 0 aliphatic carbocycles. The molecule has 1 aromatic carbocycles. The summed E-state index contributed by atoms with van der Waals surface area (Å²) in [6, 6.07) is 3.33. The first-order valence-electron chi connectivity index (χ1n) is 6.63. The smallest absolute Gasteiger partial charge is 0.336 e. The van der Waals surface area contributed by atoms with Crippen LogP contribution in [0.5, 0.6) is 0 Å². The summed E-state index contributed by atoms with van der Waals surface area (Å²) in [4.78, 5) is 23.6. The van der Waals surface area contributed by atoms with E-state index in [1.165, 1.54) is 0 Å². The Kier molecular flexibility index (Phi) is 5.70. The van der Waals surface area contributed by atoms with E-state index in [9.17, 15) is 14.7 Å². The van der Waals surface area contributed by atoms with Gasteiger partial charge in [-0.1, -0.05) is 12.1 Å². The molecule has 1 rings (SSSR count). The molecule has 20 heavy (non-hydrogen) atoms. The number of carboxylic acids is 1. The first-order valence-corrected chi connectivity index (χ1v) is 6.63. The van der Waals surface area contributed by atoms with Crippen molar-refractivity contribution in [3.05, 3.63) is 34.4 Å².